The van der Waals surface area contributed by atoms with Gasteiger partial charge in [0.1, 0.15) is 0 Å². The Hall–Kier alpha value is -0.460. The van der Waals surface area contributed by atoms with E-state index in [1.165, 1.54) is 44.9 Å². The van der Waals surface area contributed by atoms with Crippen molar-refractivity contribution in [2.24, 2.45) is 17.3 Å². The average Bonchev–Trinajstić information content (AvgIpc) is 3.16. The van der Waals surface area contributed by atoms with Gasteiger partial charge in [-0.05, 0) is 62.0 Å². The van der Waals surface area contributed by atoms with Crippen molar-refractivity contribution in [3.8, 4) is 0 Å². The molecule has 0 aliphatic heterocycles. The van der Waals surface area contributed by atoms with E-state index in [-0.39, 0.29) is 0 Å². The van der Waals surface area contributed by atoms with E-state index in [0.29, 0.717) is 11.5 Å². The van der Waals surface area contributed by atoms with Gasteiger partial charge in [0.2, 0.25) is 0 Å². The molecule has 0 aromatic heterocycles. The Bertz CT molecular complexity index is 293. The van der Waals surface area contributed by atoms with E-state index in [1.54, 1.807) is 5.57 Å². The second kappa shape index (κ2) is 5.67. The zero-order chi connectivity index (χ0) is 13.2. The molecule has 0 radical (unpaired) electrons. The second-order valence-corrected chi connectivity index (χ2v) is 7.28. The summed E-state index contributed by atoms with van der Waals surface area (Å²) in [5, 5.41) is 3.81. The molecule has 1 N–H and O–H groups in total. The van der Waals surface area contributed by atoms with Gasteiger partial charge in [-0.15, -0.1) is 0 Å². The molecule has 1 nitrogen and oxygen atoms in total. The highest BCUT2D eigenvalue weighted by molar-refractivity contribution is 5.16. The minimum Gasteiger partial charge on any atom is -0.387 e. The van der Waals surface area contributed by atoms with Gasteiger partial charge in [0.05, 0.1) is 0 Å². The summed E-state index contributed by atoms with van der Waals surface area (Å²) in [4.78, 5) is 0. The van der Waals surface area contributed by atoms with Crippen molar-refractivity contribution in [2.45, 2.75) is 78.7 Å². The summed E-state index contributed by atoms with van der Waals surface area (Å²) >= 11 is 0. The summed E-state index contributed by atoms with van der Waals surface area (Å²) in [5.41, 5.74) is 2.21. The summed E-state index contributed by atoms with van der Waals surface area (Å²) in [6.45, 7) is 9.56. The van der Waals surface area contributed by atoms with Crippen LogP contribution in [0.1, 0.15) is 72.6 Å². The fraction of sp³-hybridized carbons (Fsp3) is 0.882. The van der Waals surface area contributed by atoms with E-state index in [9.17, 15) is 0 Å². The number of nitrogens with one attached hydrogen (secondary N) is 1. The van der Waals surface area contributed by atoms with Gasteiger partial charge in [0.25, 0.3) is 0 Å². The lowest BCUT2D eigenvalue weighted by atomic mass is 9.79. The summed E-state index contributed by atoms with van der Waals surface area (Å²) in [6.07, 6.45) is 11.9. The Labute approximate surface area is 113 Å². The van der Waals surface area contributed by atoms with E-state index < -0.39 is 0 Å². The van der Waals surface area contributed by atoms with Crippen molar-refractivity contribution in [3.05, 3.63) is 11.8 Å². The molecule has 2 rings (SSSR count). The third kappa shape index (κ3) is 3.76. The van der Waals surface area contributed by atoms with Crippen molar-refractivity contribution in [1.29, 1.82) is 0 Å². The normalized spacial score (nSPS) is 23.7. The highest BCUT2D eigenvalue weighted by atomic mass is 14.9. The zero-order valence-corrected chi connectivity index (χ0v) is 12.8. The maximum atomic E-state index is 3.81. The van der Waals surface area contributed by atoms with Gasteiger partial charge in [-0.3, -0.25) is 0 Å². The second-order valence-electron chi connectivity index (χ2n) is 7.28. The molecular formula is C17H31N. The molecule has 104 valence electrons. The molecule has 0 aromatic rings. The predicted molar refractivity (Wildman–Crippen MR) is 79.4 cm³/mol. The van der Waals surface area contributed by atoms with Gasteiger partial charge in [-0.2, -0.15) is 0 Å². The van der Waals surface area contributed by atoms with E-state index >= 15 is 0 Å². The largest absolute Gasteiger partial charge is 0.387 e. The fourth-order valence-electron chi connectivity index (χ4n) is 3.24. The van der Waals surface area contributed by atoms with Gasteiger partial charge in [-0.25, -0.2) is 0 Å². The van der Waals surface area contributed by atoms with Crippen molar-refractivity contribution in [1.82, 2.24) is 5.32 Å². The fourth-order valence-corrected chi connectivity index (χ4v) is 3.24. The van der Waals surface area contributed by atoms with E-state index in [4.69, 9.17) is 0 Å². The molecule has 0 aromatic carbocycles. The van der Waals surface area contributed by atoms with Crippen molar-refractivity contribution in [2.75, 3.05) is 0 Å². The molecule has 0 heterocycles. The lowest BCUT2D eigenvalue weighted by Gasteiger charge is -2.33. The van der Waals surface area contributed by atoms with Crippen LogP contribution in [0, 0.1) is 17.3 Å². The molecule has 2 saturated carbocycles. The van der Waals surface area contributed by atoms with E-state index in [0.717, 1.165) is 11.8 Å². The highest BCUT2D eigenvalue weighted by Gasteiger charge is 2.47. The minimum absolute atomic E-state index is 0.584. The summed E-state index contributed by atoms with van der Waals surface area (Å²) in [7, 11) is 0. The first-order valence-electron chi connectivity index (χ1n) is 7.99. The van der Waals surface area contributed by atoms with Crippen LogP contribution in [0.2, 0.25) is 0 Å². The maximum Gasteiger partial charge on any atom is 0.0337 e. The predicted octanol–water partition coefficient (Wildman–Crippen LogP) is 4.88. The Morgan fingerprint density at radius 1 is 1.28 bits per heavy atom. The summed E-state index contributed by atoms with van der Waals surface area (Å²) < 4.78 is 0. The van der Waals surface area contributed by atoms with Gasteiger partial charge < -0.3 is 5.32 Å². The molecule has 2 aliphatic carbocycles. The first-order chi connectivity index (χ1) is 8.55. The van der Waals surface area contributed by atoms with E-state index in [2.05, 4.69) is 39.2 Å². The quantitative estimate of drug-likeness (QED) is 0.646. The SMILES string of the molecule is CCCC(CC(C)C)C(NC=C1CC1)C1(C)CC1. The van der Waals surface area contributed by atoms with E-state index in [1.807, 2.05) is 0 Å². The molecule has 0 amide bonds. The van der Waals surface area contributed by atoms with Crippen LogP contribution in [0.15, 0.2) is 11.8 Å². The van der Waals surface area contributed by atoms with Crippen molar-refractivity contribution >= 4 is 0 Å². The lowest BCUT2D eigenvalue weighted by Crippen LogP contribution is -2.40. The Morgan fingerprint density at radius 2 is 1.94 bits per heavy atom. The number of hydrogen-bond acceptors (Lipinski definition) is 1. The third-order valence-electron chi connectivity index (χ3n) is 4.70. The summed E-state index contributed by atoms with van der Waals surface area (Å²) in [5.74, 6) is 1.68. The van der Waals surface area contributed by atoms with Crippen LogP contribution >= 0.6 is 0 Å². The topological polar surface area (TPSA) is 12.0 Å². The first kappa shape index (κ1) is 14.0. The molecule has 18 heavy (non-hydrogen) atoms. The van der Waals surface area contributed by atoms with Crippen molar-refractivity contribution in [3.63, 3.8) is 0 Å². The number of allylic oxidation sites excluding steroid dienone is 1. The minimum atomic E-state index is 0.584. The van der Waals surface area contributed by atoms with Crippen LogP contribution in [0.4, 0.5) is 0 Å². The molecule has 0 spiro atoms. The maximum absolute atomic E-state index is 3.81. The van der Waals surface area contributed by atoms with Crippen LogP contribution in [0.25, 0.3) is 0 Å². The van der Waals surface area contributed by atoms with Gasteiger partial charge in [0, 0.05) is 6.04 Å². The smallest absolute Gasteiger partial charge is 0.0337 e. The Balaban J connectivity index is 2.01. The van der Waals surface area contributed by atoms with Gasteiger partial charge >= 0.3 is 0 Å². The molecule has 1 heteroatoms. The zero-order valence-electron chi connectivity index (χ0n) is 12.8. The molecule has 2 atom stereocenters. The monoisotopic (exact) mass is 249 g/mol. The molecular weight excluding hydrogens is 218 g/mol. The van der Waals surface area contributed by atoms with Gasteiger partial charge in [-0.1, -0.05) is 39.7 Å². The molecule has 0 saturated heterocycles. The van der Waals surface area contributed by atoms with Crippen LogP contribution in [0.3, 0.4) is 0 Å². The van der Waals surface area contributed by atoms with Gasteiger partial charge in [0.15, 0.2) is 0 Å². The molecule has 0 bridgehead atoms. The molecule has 2 unspecified atom stereocenters. The van der Waals surface area contributed by atoms with Crippen LogP contribution in [-0.4, -0.2) is 6.04 Å². The lowest BCUT2D eigenvalue weighted by molar-refractivity contribution is 0.227. The number of rotatable bonds is 8. The first-order valence-corrected chi connectivity index (χ1v) is 7.99. The Morgan fingerprint density at radius 3 is 2.39 bits per heavy atom. The van der Waals surface area contributed by atoms with Crippen LogP contribution in [-0.2, 0) is 0 Å². The van der Waals surface area contributed by atoms with Crippen LogP contribution in [0.5, 0.6) is 0 Å². The standard InChI is InChI=1S/C17H31N/c1-5-6-15(11-13(2)3)16(17(4)9-10-17)18-12-14-7-8-14/h12-13,15-16,18H,5-11H2,1-4H3. The Kier molecular flexibility index (Phi) is 4.40. The third-order valence-corrected chi connectivity index (χ3v) is 4.70. The highest BCUT2D eigenvalue weighted by Crippen LogP contribution is 2.51. The number of hydrogen-bond donors (Lipinski definition) is 1. The average molecular weight is 249 g/mol. The summed E-state index contributed by atoms with van der Waals surface area (Å²) in [6, 6.07) is 0.716. The molecule has 2 aliphatic rings. The van der Waals surface area contributed by atoms with Crippen LogP contribution < -0.4 is 5.32 Å². The molecule has 2 fully saturated rings. The van der Waals surface area contributed by atoms with Crippen molar-refractivity contribution < 1.29 is 0 Å².